The van der Waals surface area contributed by atoms with Crippen molar-refractivity contribution in [3.8, 4) is 0 Å². The monoisotopic (exact) mass is 216 g/mol. The third kappa shape index (κ3) is 4.93. The van der Waals surface area contributed by atoms with Crippen LogP contribution in [0.25, 0.3) is 0 Å². The van der Waals surface area contributed by atoms with Crippen LogP contribution in [0.1, 0.15) is 32.1 Å². The van der Waals surface area contributed by atoms with Gasteiger partial charge in [0.25, 0.3) is 0 Å². The minimum absolute atomic E-state index is 0.308. The van der Waals surface area contributed by atoms with Crippen molar-refractivity contribution in [2.45, 2.75) is 38.1 Å². The van der Waals surface area contributed by atoms with Crippen LogP contribution in [0.5, 0.6) is 0 Å². The van der Waals surface area contributed by atoms with Crippen LogP contribution in [-0.2, 0) is 9.47 Å². The summed E-state index contributed by atoms with van der Waals surface area (Å²) < 4.78 is 10.4. The summed E-state index contributed by atoms with van der Waals surface area (Å²) in [5.41, 5.74) is 2.88. The van der Waals surface area contributed by atoms with Crippen LogP contribution in [0.4, 0.5) is 0 Å². The number of hydrogen-bond acceptors (Lipinski definition) is 4. The Morgan fingerprint density at radius 1 is 1.27 bits per heavy atom. The van der Waals surface area contributed by atoms with E-state index < -0.39 is 0 Å². The lowest BCUT2D eigenvalue weighted by Gasteiger charge is -2.29. The van der Waals surface area contributed by atoms with Crippen LogP contribution >= 0.6 is 0 Å². The van der Waals surface area contributed by atoms with E-state index in [2.05, 4.69) is 5.43 Å². The fraction of sp³-hybridized carbons (Fsp3) is 1.00. The molecule has 0 saturated heterocycles. The molecule has 0 aliphatic heterocycles. The highest BCUT2D eigenvalue weighted by molar-refractivity contribution is 4.77. The first-order valence-electron chi connectivity index (χ1n) is 5.91. The Hall–Kier alpha value is -0.160. The van der Waals surface area contributed by atoms with Crippen molar-refractivity contribution in [2.24, 2.45) is 11.8 Å². The lowest BCUT2D eigenvalue weighted by molar-refractivity contribution is 0.0449. The van der Waals surface area contributed by atoms with Gasteiger partial charge in [0.1, 0.15) is 0 Å². The third-order valence-corrected chi connectivity index (χ3v) is 3.16. The number of hydrazine groups is 1. The molecule has 1 aliphatic carbocycles. The second-order valence-electron chi connectivity index (χ2n) is 4.24. The molecule has 1 aliphatic rings. The predicted molar refractivity (Wildman–Crippen MR) is 60.4 cm³/mol. The van der Waals surface area contributed by atoms with E-state index in [1.54, 1.807) is 7.11 Å². The van der Waals surface area contributed by atoms with Gasteiger partial charge in [-0.2, -0.15) is 0 Å². The molecule has 1 rings (SSSR count). The number of hydrogen-bond donors (Lipinski definition) is 2. The molecule has 4 heteroatoms. The molecule has 0 radical (unpaired) electrons. The fourth-order valence-electron chi connectivity index (χ4n) is 2.21. The van der Waals surface area contributed by atoms with E-state index in [9.17, 15) is 0 Å². The van der Waals surface area contributed by atoms with Gasteiger partial charge in [-0.25, -0.2) is 0 Å². The average molecular weight is 216 g/mol. The van der Waals surface area contributed by atoms with Gasteiger partial charge in [-0.1, -0.05) is 19.3 Å². The summed E-state index contributed by atoms with van der Waals surface area (Å²) in [6, 6.07) is 0.308. The standard InChI is InChI=1S/C11H24N2O2/c1-14-7-8-15-9-11(13-12)10-5-3-2-4-6-10/h10-11,13H,2-9,12H2,1H3. The summed E-state index contributed by atoms with van der Waals surface area (Å²) in [6.45, 7) is 2.01. The summed E-state index contributed by atoms with van der Waals surface area (Å²) in [6.07, 6.45) is 6.60. The molecule has 15 heavy (non-hydrogen) atoms. The van der Waals surface area contributed by atoms with Crippen molar-refractivity contribution in [3.63, 3.8) is 0 Å². The molecular weight excluding hydrogens is 192 g/mol. The van der Waals surface area contributed by atoms with E-state index in [4.69, 9.17) is 15.3 Å². The van der Waals surface area contributed by atoms with Crippen LogP contribution in [0.3, 0.4) is 0 Å². The molecule has 0 aromatic heterocycles. The molecule has 1 saturated carbocycles. The smallest absolute Gasteiger partial charge is 0.0701 e. The minimum Gasteiger partial charge on any atom is -0.382 e. The highest BCUT2D eigenvalue weighted by Crippen LogP contribution is 2.26. The molecule has 4 nitrogen and oxygen atoms in total. The Morgan fingerprint density at radius 3 is 2.60 bits per heavy atom. The van der Waals surface area contributed by atoms with Crippen LogP contribution < -0.4 is 11.3 Å². The molecule has 0 bridgehead atoms. The van der Waals surface area contributed by atoms with Crippen molar-refractivity contribution in [3.05, 3.63) is 0 Å². The van der Waals surface area contributed by atoms with Gasteiger partial charge in [0.2, 0.25) is 0 Å². The normalized spacial score (nSPS) is 20.4. The SMILES string of the molecule is COCCOCC(NN)C1CCCCC1. The lowest BCUT2D eigenvalue weighted by atomic mass is 9.84. The zero-order valence-corrected chi connectivity index (χ0v) is 9.71. The lowest BCUT2D eigenvalue weighted by Crippen LogP contribution is -2.45. The number of nitrogens with two attached hydrogens (primary N) is 1. The first-order chi connectivity index (χ1) is 7.38. The number of methoxy groups -OCH3 is 1. The molecule has 0 heterocycles. The first-order valence-corrected chi connectivity index (χ1v) is 5.91. The van der Waals surface area contributed by atoms with Gasteiger partial charge in [0.15, 0.2) is 0 Å². The Kier molecular flexibility index (Phi) is 6.92. The Balaban J connectivity index is 2.15. The van der Waals surface area contributed by atoms with Crippen molar-refractivity contribution in [2.75, 3.05) is 26.9 Å². The molecule has 1 fully saturated rings. The largest absolute Gasteiger partial charge is 0.382 e. The first kappa shape index (κ1) is 12.9. The van der Waals surface area contributed by atoms with E-state index in [0.29, 0.717) is 31.8 Å². The van der Waals surface area contributed by atoms with Gasteiger partial charge < -0.3 is 9.47 Å². The summed E-state index contributed by atoms with van der Waals surface area (Å²) in [4.78, 5) is 0. The van der Waals surface area contributed by atoms with Gasteiger partial charge in [0, 0.05) is 13.2 Å². The van der Waals surface area contributed by atoms with Gasteiger partial charge in [0.05, 0.1) is 19.8 Å². The topological polar surface area (TPSA) is 56.5 Å². The van der Waals surface area contributed by atoms with Crippen LogP contribution in [-0.4, -0.2) is 33.0 Å². The molecule has 0 aromatic carbocycles. The molecular formula is C11H24N2O2. The number of nitrogens with one attached hydrogen (secondary N) is 1. The molecule has 0 aromatic rings. The molecule has 0 spiro atoms. The highest BCUT2D eigenvalue weighted by atomic mass is 16.5. The van der Waals surface area contributed by atoms with Crippen molar-refractivity contribution < 1.29 is 9.47 Å². The number of ether oxygens (including phenoxy) is 2. The zero-order valence-electron chi connectivity index (χ0n) is 9.71. The maximum atomic E-state index is 5.56. The van der Waals surface area contributed by atoms with E-state index in [0.717, 1.165) is 0 Å². The quantitative estimate of drug-likeness (QED) is 0.379. The molecule has 0 amide bonds. The van der Waals surface area contributed by atoms with E-state index >= 15 is 0 Å². The third-order valence-electron chi connectivity index (χ3n) is 3.16. The van der Waals surface area contributed by atoms with E-state index in [1.807, 2.05) is 0 Å². The predicted octanol–water partition coefficient (Wildman–Crippen LogP) is 1.06. The van der Waals surface area contributed by atoms with Gasteiger partial charge >= 0.3 is 0 Å². The Labute approximate surface area is 92.5 Å². The zero-order chi connectivity index (χ0) is 10.9. The second kappa shape index (κ2) is 8.05. The summed E-state index contributed by atoms with van der Waals surface area (Å²) in [5, 5.41) is 0. The molecule has 1 unspecified atom stereocenters. The van der Waals surface area contributed by atoms with Gasteiger partial charge in [-0.15, -0.1) is 0 Å². The summed E-state index contributed by atoms with van der Waals surface area (Å²) in [7, 11) is 1.68. The average Bonchev–Trinajstić information content (AvgIpc) is 2.30. The maximum Gasteiger partial charge on any atom is 0.0701 e. The number of rotatable bonds is 7. The van der Waals surface area contributed by atoms with Crippen molar-refractivity contribution in [1.82, 2.24) is 5.43 Å². The van der Waals surface area contributed by atoms with E-state index in [-0.39, 0.29) is 0 Å². The Morgan fingerprint density at radius 2 is 2.00 bits per heavy atom. The second-order valence-corrected chi connectivity index (χ2v) is 4.24. The highest BCUT2D eigenvalue weighted by Gasteiger charge is 2.22. The molecule has 3 N–H and O–H groups in total. The Bertz CT molecular complexity index is 150. The molecule has 90 valence electrons. The maximum absolute atomic E-state index is 5.56. The fourth-order valence-corrected chi connectivity index (χ4v) is 2.21. The van der Waals surface area contributed by atoms with Crippen LogP contribution in [0.15, 0.2) is 0 Å². The van der Waals surface area contributed by atoms with Crippen molar-refractivity contribution in [1.29, 1.82) is 0 Å². The summed E-state index contributed by atoms with van der Waals surface area (Å²) >= 11 is 0. The van der Waals surface area contributed by atoms with E-state index in [1.165, 1.54) is 32.1 Å². The minimum atomic E-state index is 0.308. The van der Waals surface area contributed by atoms with Crippen LogP contribution in [0, 0.1) is 5.92 Å². The molecule has 1 atom stereocenters. The van der Waals surface area contributed by atoms with Gasteiger partial charge in [-0.05, 0) is 18.8 Å². The van der Waals surface area contributed by atoms with Crippen LogP contribution in [0.2, 0.25) is 0 Å². The van der Waals surface area contributed by atoms with Crippen molar-refractivity contribution >= 4 is 0 Å². The summed E-state index contributed by atoms with van der Waals surface area (Å²) in [5.74, 6) is 6.24. The van der Waals surface area contributed by atoms with Gasteiger partial charge in [-0.3, -0.25) is 11.3 Å².